The number of alkyl halides is 3. The molecule has 15 heteroatoms. The molecule has 0 bridgehead atoms. The molecule has 1 unspecified atom stereocenters. The number of H-pyrrole nitrogens is 1. The summed E-state index contributed by atoms with van der Waals surface area (Å²) in [6.07, 6.45) is -4.75. The van der Waals surface area contributed by atoms with Crippen LogP contribution in [0.4, 0.5) is 29.9 Å². The molecule has 1 amide bonds. The van der Waals surface area contributed by atoms with Gasteiger partial charge in [0.25, 0.3) is 0 Å². The molecule has 3 aromatic heterocycles. The van der Waals surface area contributed by atoms with E-state index in [-0.39, 0.29) is 25.0 Å². The Morgan fingerprint density at radius 2 is 1.97 bits per heavy atom. The van der Waals surface area contributed by atoms with Crippen molar-refractivity contribution in [3.8, 4) is 0 Å². The number of ether oxygens (including phenoxy) is 1. The molecule has 5 rings (SSSR count). The molecule has 0 aliphatic carbocycles. The van der Waals surface area contributed by atoms with Gasteiger partial charge in [0.05, 0.1) is 34.8 Å². The number of halogens is 4. The van der Waals surface area contributed by atoms with Crippen molar-refractivity contribution in [1.29, 1.82) is 0 Å². The Morgan fingerprint density at radius 3 is 2.68 bits per heavy atom. The predicted octanol–water partition coefficient (Wildman–Crippen LogP) is 4.41. The molecule has 1 fully saturated rings. The van der Waals surface area contributed by atoms with E-state index in [1.54, 1.807) is 20.8 Å². The maximum atomic E-state index is 14.3. The zero-order chi connectivity index (χ0) is 27.3. The number of para-hydroxylation sites is 2. The maximum Gasteiger partial charge on any atom is 0.413 e. The molecule has 0 radical (unpaired) electrons. The van der Waals surface area contributed by atoms with E-state index in [4.69, 9.17) is 4.74 Å². The zero-order valence-electron chi connectivity index (χ0n) is 20.7. The van der Waals surface area contributed by atoms with Crippen molar-refractivity contribution >= 4 is 50.6 Å². The summed E-state index contributed by atoms with van der Waals surface area (Å²) in [4.78, 5) is 30.4. The number of hydrogen-bond donors (Lipinski definition) is 3. The van der Waals surface area contributed by atoms with Crippen molar-refractivity contribution in [2.24, 2.45) is 0 Å². The number of aromatic nitrogens is 6. The van der Waals surface area contributed by atoms with Gasteiger partial charge in [-0.15, -0.1) is 0 Å². The minimum atomic E-state index is -4.73. The highest BCUT2D eigenvalue weighted by atomic mass is 79.9. The number of amides is 1. The van der Waals surface area contributed by atoms with Crippen LogP contribution in [0.15, 0.2) is 34.9 Å². The van der Waals surface area contributed by atoms with Crippen molar-refractivity contribution < 1.29 is 22.7 Å². The molecular weight excluding hydrogens is 571 g/mol. The first-order chi connectivity index (χ1) is 17.8. The lowest BCUT2D eigenvalue weighted by Crippen LogP contribution is -2.61. The highest BCUT2D eigenvalue weighted by Crippen LogP contribution is 2.39. The minimum Gasteiger partial charge on any atom is -0.444 e. The monoisotopic (exact) mass is 595 g/mol. The molecule has 4 aromatic rings. The summed E-state index contributed by atoms with van der Waals surface area (Å²) in [7, 11) is 0. The van der Waals surface area contributed by atoms with Gasteiger partial charge in [-0.25, -0.2) is 9.78 Å². The molecular formula is C23H25BrF3N9O2. The summed E-state index contributed by atoms with van der Waals surface area (Å²) in [5, 5.41) is 9.48. The summed E-state index contributed by atoms with van der Waals surface area (Å²) in [6.45, 7) is 4.38. The summed E-state index contributed by atoms with van der Waals surface area (Å²) >= 11 is 3.39. The number of nitrogens with one attached hydrogen (secondary N) is 3. The van der Waals surface area contributed by atoms with Crippen molar-refractivity contribution in [2.75, 3.05) is 23.3 Å². The van der Waals surface area contributed by atoms with Gasteiger partial charge in [0.15, 0.2) is 11.2 Å². The quantitative estimate of drug-likeness (QED) is 0.310. The van der Waals surface area contributed by atoms with E-state index in [1.165, 1.54) is 15.6 Å². The van der Waals surface area contributed by atoms with Crippen LogP contribution in [0, 0.1) is 0 Å². The number of alkyl carbamates (subject to hydrolysis) is 1. The predicted molar refractivity (Wildman–Crippen MR) is 137 cm³/mol. The van der Waals surface area contributed by atoms with Gasteiger partial charge in [-0.2, -0.15) is 32.8 Å². The smallest absolute Gasteiger partial charge is 0.413 e. The molecule has 1 aliphatic heterocycles. The van der Waals surface area contributed by atoms with Crippen LogP contribution in [-0.2, 0) is 11.3 Å². The van der Waals surface area contributed by atoms with Crippen molar-refractivity contribution in [1.82, 2.24) is 34.9 Å². The molecule has 202 valence electrons. The van der Waals surface area contributed by atoms with E-state index in [9.17, 15) is 18.0 Å². The molecule has 3 N–H and O–H groups in total. The number of benzene rings is 1. The van der Waals surface area contributed by atoms with E-state index < -0.39 is 36.4 Å². The average molecular weight is 596 g/mol. The van der Waals surface area contributed by atoms with Crippen molar-refractivity contribution in [3.05, 3.63) is 40.8 Å². The number of hydrogen-bond acceptors (Lipinski definition) is 8. The number of anilines is 2. The molecule has 38 heavy (non-hydrogen) atoms. The van der Waals surface area contributed by atoms with Gasteiger partial charge in [-0.05, 0) is 55.3 Å². The Morgan fingerprint density at radius 1 is 1.21 bits per heavy atom. The molecule has 11 nitrogen and oxygen atoms in total. The fraction of sp³-hybridized carbons (Fsp3) is 0.435. The lowest BCUT2D eigenvalue weighted by molar-refractivity contribution is -0.188. The first-order valence-electron chi connectivity index (χ1n) is 11.8. The van der Waals surface area contributed by atoms with Gasteiger partial charge in [0, 0.05) is 6.54 Å². The van der Waals surface area contributed by atoms with Gasteiger partial charge < -0.3 is 25.3 Å². The van der Waals surface area contributed by atoms with E-state index in [0.29, 0.717) is 15.9 Å². The van der Waals surface area contributed by atoms with Crippen LogP contribution in [0.3, 0.4) is 0 Å². The first-order valence-corrected chi connectivity index (χ1v) is 12.5. The maximum absolute atomic E-state index is 14.3. The van der Waals surface area contributed by atoms with Crippen LogP contribution in [-0.4, -0.2) is 66.0 Å². The van der Waals surface area contributed by atoms with Crippen LogP contribution in [0.5, 0.6) is 0 Å². The second-order valence-corrected chi connectivity index (χ2v) is 10.9. The Balaban J connectivity index is 1.42. The van der Waals surface area contributed by atoms with E-state index >= 15 is 0 Å². The largest absolute Gasteiger partial charge is 0.444 e. The zero-order valence-corrected chi connectivity index (χ0v) is 22.3. The number of nitrogens with zero attached hydrogens (tertiary/aromatic N) is 6. The summed E-state index contributed by atoms with van der Waals surface area (Å²) in [5.74, 6) is 0.966. The van der Waals surface area contributed by atoms with Crippen LogP contribution in [0.2, 0.25) is 0 Å². The summed E-state index contributed by atoms with van der Waals surface area (Å²) in [6, 6.07) is 7.57. The number of carbonyl (C=O) groups is 1. The van der Waals surface area contributed by atoms with Crippen LogP contribution >= 0.6 is 15.9 Å². The number of fused-ring (bicyclic) bond motifs is 2. The Bertz CT molecular complexity index is 1460. The van der Waals surface area contributed by atoms with Crippen LogP contribution in [0.1, 0.15) is 33.0 Å². The highest BCUT2D eigenvalue weighted by Gasteiger charge is 2.60. The Hall–Kier alpha value is -3.62. The normalized spacial score (nSPS) is 18.3. The van der Waals surface area contributed by atoms with Gasteiger partial charge >= 0.3 is 12.3 Å². The lowest BCUT2D eigenvalue weighted by atomic mass is 9.98. The van der Waals surface area contributed by atoms with Crippen molar-refractivity contribution in [3.63, 3.8) is 0 Å². The third-order valence-electron chi connectivity index (χ3n) is 6.00. The second kappa shape index (κ2) is 9.29. The third-order valence-corrected chi connectivity index (χ3v) is 6.56. The van der Waals surface area contributed by atoms with Crippen LogP contribution < -0.4 is 15.5 Å². The van der Waals surface area contributed by atoms with E-state index in [1.807, 2.05) is 24.3 Å². The SMILES string of the molecule is CC(C)(C)OC(=O)NC1(C(F)(F)F)CCN(c2nc(NCc3nc4ccccc4[nH]3)n3ncc(Br)c3n2)C1. The molecule has 1 aromatic carbocycles. The molecule has 1 aliphatic rings. The van der Waals surface area contributed by atoms with E-state index in [2.05, 4.69) is 51.6 Å². The number of rotatable bonds is 5. The fourth-order valence-electron chi connectivity index (χ4n) is 4.23. The molecule has 4 heterocycles. The molecule has 0 spiro atoms. The second-order valence-electron chi connectivity index (χ2n) is 10.0. The molecule has 1 saturated heterocycles. The molecule has 1 atom stereocenters. The van der Waals surface area contributed by atoms with Crippen LogP contribution in [0.25, 0.3) is 16.7 Å². The van der Waals surface area contributed by atoms with Crippen molar-refractivity contribution in [2.45, 2.75) is 51.1 Å². The van der Waals surface area contributed by atoms with Gasteiger partial charge in [0.2, 0.25) is 11.9 Å². The van der Waals surface area contributed by atoms with Gasteiger partial charge in [0.1, 0.15) is 11.4 Å². The number of aromatic amines is 1. The number of imidazole rings is 1. The van der Waals surface area contributed by atoms with E-state index in [0.717, 1.165) is 11.0 Å². The third kappa shape index (κ3) is 5.06. The molecule has 0 saturated carbocycles. The highest BCUT2D eigenvalue weighted by molar-refractivity contribution is 9.10. The fourth-order valence-corrected chi connectivity index (χ4v) is 4.58. The Kier molecular flexibility index (Phi) is 6.36. The summed E-state index contributed by atoms with van der Waals surface area (Å²) in [5.41, 5.74) is -1.43. The topological polar surface area (TPSA) is 125 Å². The number of carbonyl (C=O) groups excluding carboxylic acids is 1. The first kappa shape index (κ1) is 26.0. The lowest BCUT2D eigenvalue weighted by Gasteiger charge is -2.33. The van der Waals surface area contributed by atoms with Gasteiger partial charge in [-0.3, -0.25) is 0 Å². The standard InChI is InChI=1S/C23H25BrF3N9O2/c1-21(2,3)38-20(37)34-22(23(25,26)27)8-9-35(12-22)19-32-17-13(24)10-29-36(17)18(33-19)28-11-16-30-14-6-4-5-7-15(14)31-16/h4-7,10H,8-9,11-12H2,1-3H3,(H,30,31)(H,34,37)(H,28,32,33). The van der Waals surface area contributed by atoms with Gasteiger partial charge in [-0.1, -0.05) is 12.1 Å². The average Bonchev–Trinajstić information content (AvgIpc) is 3.53. The summed E-state index contributed by atoms with van der Waals surface area (Å²) < 4.78 is 49.9. The Labute approximate surface area is 223 Å². The minimum absolute atomic E-state index is 0.0414.